The smallest absolute Gasteiger partial charge is 0.144 e. The van der Waals surface area contributed by atoms with Crippen LogP contribution in [-0.2, 0) is 21.7 Å². The van der Waals surface area contributed by atoms with Crippen molar-refractivity contribution in [3.63, 3.8) is 0 Å². The van der Waals surface area contributed by atoms with E-state index in [1.54, 1.807) is 0 Å². The predicted octanol–water partition coefficient (Wildman–Crippen LogP) is 21.5. The van der Waals surface area contributed by atoms with Gasteiger partial charge in [-0.3, -0.25) is 0 Å². The highest BCUT2D eigenvalue weighted by Gasteiger charge is 2.51. The summed E-state index contributed by atoms with van der Waals surface area (Å²) >= 11 is 0. The number of anilines is 3. The lowest BCUT2D eigenvalue weighted by molar-refractivity contribution is 0.600. The average molecular weight is 1040 g/mol. The monoisotopic (exact) mass is 1040 g/mol. The minimum atomic E-state index is -0.382. The molecule has 0 unspecified atom stereocenters. The molecule has 0 saturated carbocycles. The predicted molar refractivity (Wildman–Crippen MR) is 337 cm³/mol. The van der Waals surface area contributed by atoms with Crippen LogP contribution in [0.25, 0.3) is 111 Å². The zero-order valence-corrected chi connectivity index (χ0v) is 47.0. The molecular weight excluding hydrogens is 983 g/mol. The average Bonchev–Trinajstić information content (AvgIpc) is 1.71. The Kier molecular flexibility index (Phi) is 9.11. The second kappa shape index (κ2) is 15.8. The van der Waals surface area contributed by atoms with Gasteiger partial charge in [0.05, 0.1) is 5.69 Å². The number of rotatable bonds is 5. The summed E-state index contributed by atoms with van der Waals surface area (Å²) in [5.74, 6) is 0. The van der Waals surface area contributed by atoms with Gasteiger partial charge in [-0.2, -0.15) is 0 Å². The zero-order chi connectivity index (χ0) is 54.6. The van der Waals surface area contributed by atoms with Crippen LogP contribution in [0.5, 0.6) is 0 Å². The molecule has 2 aromatic heterocycles. The van der Waals surface area contributed by atoms with Crippen LogP contribution in [0.4, 0.5) is 17.1 Å². The molecule has 0 amide bonds. The Bertz CT molecular complexity index is 4670. The van der Waals surface area contributed by atoms with Crippen LogP contribution in [0.3, 0.4) is 0 Å². The van der Waals surface area contributed by atoms with Crippen molar-refractivity contribution in [3.8, 4) is 66.8 Å². The molecule has 388 valence electrons. The molecule has 0 saturated heterocycles. The van der Waals surface area contributed by atoms with Crippen LogP contribution >= 0.6 is 0 Å². The first-order valence-corrected chi connectivity index (χ1v) is 28.8. The van der Waals surface area contributed by atoms with Gasteiger partial charge in [0, 0.05) is 71.3 Å². The zero-order valence-electron chi connectivity index (χ0n) is 47.0. The Hall–Kier alpha value is -9.18. The second-order valence-electron chi connectivity index (χ2n) is 25.5. The molecule has 3 heteroatoms. The molecule has 2 heterocycles. The molecule has 3 nitrogen and oxygen atoms in total. The maximum atomic E-state index is 7.08. The number of hydrogen-bond donors (Lipinski definition) is 0. The first kappa shape index (κ1) is 46.7. The van der Waals surface area contributed by atoms with Crippen molar-refractivity contribution in [2.45, 2.75) is 77.0 Å². The lowest BCUT2D eigenvalue weighted by atomic mass is 9.72. The topological polar surface area (TPSA) is 29.5 Å². The summed E-state index contributed by atoms with van der Waals surface area (Å²) in [6.07, 6.45) is 0. The van der Waals surface area contributed by atoms with Gasteiger partial charge in [0.15, 0.2) is 0 Å². The van der Waals surface area contributed by atoms with Crippen LogP contribution in [0.1, 0.15) is 99.9 Å². The highest BCUT2D eigenvalue weighted by Crippen LogP contribution is 2.66. The molecule has 4 aliphatic carbocycles. The number of para-hydroxylation sites is 2. The van der Waals surface area contributed by atoms with E-state index in [4.69, 9.17) is 8.83 Å². The second-order valence-corrected chi connectivity index (χ2v) is 25.5. The van der Waals surface area contributed by atoms with E-state index >= 15 is 0 Å². The third kappa shape index (κ3) is 5.93. The fourth-order valence-electron chi connectivity index (χ4n) is 16.1. The maximum Gasteiger partial charge on any atom is 0.144 e. The first-order chi connectivity index (χ1) is 39.2. The van der Waals surface area contributed by atoms with Gasteiger partial charge in [-0.1, -0.05) is 219 Å². The highest BCUT2D eigenvalue weighted by molar-refractivity contribution is 6.22. The highest BCUT2D eigenvalue weighted by atomic mass is 16.3. The van der Waals surface area contributed by atoms with Crippen molar-refractivity contribution >= 4 is 60.9 Å². The molecule has 13 aromatic rings. The summed E-state index contributed by atoms with van der Waals surface area (Å²) in [7, 11) is 0. The van der Waals surface area contributed by atoms with Crippen molar-refractivity contribution in [2.75, 3.05) is 4.90 Å². The lowest BCUT2D eigenvalue weighted by Crippen LogP contribution is -2.24. The van der Waals surface area contributed by atoms with E-state index in [9.17, 15) is 0 Å². The largest absolute Gasteiger partial charge is 0.455 e. The van der Waals surface area contributed by atoms with Gasteiger partial charge < -0.3 is 13.7 Å². The minimum Gasteiger partial charge on any atom is -0.455 e. The van der Waals surface area contributed by atoms with Gasteiger partial charge in [0.2, 0.25) is 0 Å². The summed E-state index contributed by atoms with van der Waals surface area (Å²) in [6, 6.07) is 79.0. The molecule has 0 spiro atoms. The molecule has 17 rings (SSSR count). The number of nitrogens with zero attached hydrogens (tertiary/aromatic N) is 1. The fourth-order valence-corrected chi connectivity index (χ4v) is 16.1. The number of hydrogen-bond acceptors (Lipinski definition) is 3. The van der Waals surface area contributed by atoms with E-state index < -0.39 is 0 Å². The van der Waals surface area contributed by atoms with E-state index in [2.05, 4.69) is 273 Å². The molecule has 11 aromatic carbocycles. The van der Waals surface area contributed by atoms with Gasteiger partial charge in [-0.05, 0) is 143 Å². The summed E-state index contributed by atoms with van der Waals surface area (Å²) < 4.78 is 14.2. The van der Waals surface area contributed by atoms with Crippen LogP contribution in [-0.4, -0.2) is 0 Å². The number of furan rings is 2. The summed E-state index contributed by atoms with van der Waals surface area (Å²) in [5.41, 5.74) is 31.7. The third-order valence-electron chi connectivity index (χ3n) is 19.7. The van der Waals surface area contributed by atoms with Crippen LogP contribution in [0, 0.1) is 0 Å². The molecule has 0 bridgehead atoms. The van der Waals surface area contributed by atoms with Crippen LogP contribution in [0.15, 0.2) is 221 Å². The summed E-state index contributed by atoms with van der Waals surface area (Å²) in [5, 5.41) is 4.75. The molecule has 0 radical (unpaired) electrons. The molecule has 0 atom stereocenters. The lowest BCUT2D eigenvalue weighted by Gasteiger charge is -2.33. The Balaban J connectivity index is 0.936. The summed E-state index contributed by atoms with van der Waals surface area (Å²) in [6.45, 7) is 19.6. The van der Waals surface area contributed by atoms with Gasteiger partial charge in [-0.25, -0.2) is 0 Å². The Morgan fingerprint density at radius 1 is 0.296 bits per heavy atom. The Morgan fingerprint density at radius 3 is 1.19 bits per heavy atom. The van der Waals surface area contributed by atoms with Crippen molar-refractivity contribution in [1.82, 2.24) is 0 Å². The quantitative estimate of drug-likeness (QED) is 0.172. The third-order valence-corrected chi connectivity index (χ3v) is 19.7. The molecule has 0 aliphatic heterocycles. The number of fused-ring (bicyclic) bond motifs is 24. The van der Waals surface area contributed by atoms with Crippen molar-refractivity contribution < 1.29 is 8.83 Å². The van der Waals surface area contributed by atoms with Gasteiger partial charge in [0.25, 0.3) is 0 Å². The molecule has 0 N–H and O–H groups in total. The van der Waals surface area contributed by atoms with Crippen molar-refractivity contribution in [2.24, 2.45) is 0 Å². The van der Waals surface area contributed by atoms with Crippen molar-refractivity contribution in [1.29, 1.82) is 0 Å². The molecular formula is C78H59NO2. The fraction of sp³-hybridized carbons (Fsp3) is 0.154. The molecule has 81 heavy (non-hydrogen) atoms. The number of benzene rings is 11. The van der Waals surface area contributed by atoms with E-state index in [1.165, 1.54) is 111 Å². The van der Waals surface area contributed by atoms with Gasteiger partial charge in [0.1, 0.15) is 22.3 Å². The van der Waals surface area contributed by atoms with E-state index in [0.717, 1.165) is 61.3 Å². The van der Waals surface area contributed by atoms with Gasteiger partial charge >= 0.3 is 0 Å². The van der Waals surface area contributed by atoms with Crippen LogP contribution in [0.2, 0.25) is 0 Å². The Labute approximate surface area is 472 Å². The standard InChI is InChI=1S/C78H59NO2/c1-75(2)56-31-19-15-27-49(56)67-71(75)69-63(65-53-29-17-21-33-61(53)80-73(65)67)51-38-36-47(42-58(51)77(69,5)6)79(60-40-35-46(44-23-11-9-12-24-44)41-55(60)45-25-13-10-14-26-45)48-37-39-52-59(43-48)78(7,8)70-64(52)66-54-30-18-22-34-62(54)81-74(66)68-50-28-16-20-32-57(50)76(3,4)72(68)70/h9-43H,1-8H3. The van der Waals surface area contributed by atoms with E-state index in [1.807, 2.05) is 0 Å². The minimum absolute atomic E-state index is 0.260. The molecule has 4 aliphatic rings. The van der Waals surface area contributed by atoms with Gasteiger partial charge in [-0.15, -0.1) is 0 Å². The molecule has 0 fully saturated rings. The van der Waals surface area contributed by atoms with E-state index in [-0.39, 0.29) is 21.7 Å². The normalized spacial score (nSPS) is 15.8. The van der Waals surface area contributed by atoms with E-state index in [0.29, 0.717) is 0 Å². The van der Waals surface area contributed by atoms with Crippen molar-refractivity contribution in [3.05, 3.63) is 257 Å². The SMILES string of the molecule is CC1(C)c2ccccc2-c2c1c1c(c3c2oc2ccccc23)-c2ccc(N(c3ccc4c(c3)C(C)(C)c3c5c(c6oc7ccccc7c6c3-4)-c3ccccc3C5(C)C)c3ccc(-c4ccccc4)cc3-c3ccccc3)cc2C1(C)C. The first-order valence-electron chi connectivity index (χ1n) is 28.8. The maximum absolute atomic E-state index is 7.08. The Morgan fingerprint density at radius 2 is 0.691 bits per heavy atom. The van der Waals surface area contributed by atoms with Crippen LogP contribution < -0.4 is 4.90 Å². The summed E-state index contributed by atoms with van der Waals surface area (Å²) in [4.78, 5) is 2.57.